The normalized spacial score (nSPS) is 12.0. The van der Waals surface area contributed by atoms with E-state index in [9.17, 15) is 4.79 Å². The van der Waals surface area contributed by atoms with Crippen LogP contribution in [0.25, 0.3) is 0 Å². The monoisotopic (exact) mass is 251 g/mol. The summed E-state index contributed by atoms with van der Waals surface area (Å²) in [7, 11) is 0. The second kappa shape index (κ2) is 7.01. The molecule has 0 spiro atoms. The van der Waals surface area contributed by atoms with Gasteiger partial charge < -0.3 is 15.2 Å². The average Bonchev–Trinajstić information content (AvgIpc) is 2.33. The summed E-state index contributed by atoms with van der Waals surface area (Å²) in [4.78, 5) is 11.4. The molecule has 1 aromatic carbocycles. The van der Waals surface area contributed by atoms with Gasteiger partial charge in [0.2, 0.25) is 5.91 Å². The zero-order valence-corrected chi connectivity index (χ0v) is 11.2. The lowest BCUT2D eigenvalue weighted by molar-refractivity contribution is -0.122. The van der Waals surface area contributed by atoms with Gasteiger partial charge in [-0.25, -0.2) is 0 Å². The fourth-order valence-corrected chi connectivity index (χ4v) is 1.46. The molecule has 0 aliphatic rings. The van der Waals surface area contributed by atoms with E-state index in [1.165, 1.54) is 11.1 Å². The maximum Gasteiger partial charge on any atom is 0.223 e. The summed E-state index contributed by atoms with van der Waals surface area (Å²) >= 11 is 0. The molecule has 0 saturated heterocycles. The van der Waals surface area contributed by atoms with Crippen LogP contribution in [0.4, 0.5) is 0 Å². The maximum atomic E-state index is 11.4. The highest BCUT2D eigenvalue weighted by Gasteiger charge is 2.06. The summed E-state index contributed by atoms with van der Waals surface area (Å²) in [5.41, 5.74) is 2.39. The Bertz CT molecular complexity index is 404. The molecule has 2 N–H and O–H groups in total. The lowest BCUT2D eigenvalue weighted by atomic mass is 10.1. The van der Waals surface area contributed by atoms with Crippen molar-refractivity contribution >= 4 is 5.91 Å². The molecule has 4 heteroatoms. The Morgan fingerprint density at radius 2 is 2.11 bits per heavy atom. The highest BCUT2D eigenvalue weighted by atomic mass is 16.5. The lowest BCUT2D eigenvalue weighted by Gasteiger charge is -2.11. The Labute approximate surface area is 108 Å². The fraction of sp³-hybridized carbons (Fsp3) is 0.500. The number of hydrogen-bond acceptors (Lipinski definition) is 3. The molecule has 0 aromatic heterocycles. The highest BCUT2D eigenvalue weighted by molar-refractivity contribution is 5.76. The van der Waals surface area contributed by atoms with Crippen molar-refractivity contribution in [2.24, 2.45) is 0 Å². The number of rotatable bonds is 6. The molecule has 1 unspecified atom stereocenters. The first-order valence-corrected chi connectivity index (χ1v) is 6.13. The fourth-order valence-electron chi connectivity index (χ4n) is 1.46. The van der Waals surface area contributed by atoms with Gasteiger partial charge in [0.15, 0.2) is 0 Å². The van der Waals surface area contributed by atoms with Crippen LogP contribution in [-0.2, 0) is 4.79 Å². The molecule has 0 aliphatic heterocycles. The van der Waals surface area contributed by atoms with Gasteiger partial charge in [0.1, 0.15) is 5.75 Å². The summed E-state index contributed by atoms with van der Waals surface area (Å²) < 4.78 is 5.50. The van der Waals surface area contributed by atoms with Crippen LogP contribution in [0.15, 0.2) is 18.2 Å². The maximum absolute atomic E-state index is 11.4. The van der Waals surface area contributed by atoms with Crippen LogP contribution in [0.3, 0.4) is 0 Å². The van der Waals surface area contributed by atoms with Crippen LogP contribution in [0.5, 0.6) is 5.75 Å². The van der Waals surface area contributed by atoms with Gasteiger partial charge in [0.25, 0.3) is 0 Å². The first-order chi connectivity index (χ1) is 8.52. The van der Waals surface area contributed by atoms with Crippen LogP contribution in [0.1, 0.15) is 24.5 Å². The molecule has 0 radical (unpaired) electrons. The van der Waals surface area contributed by atoms with E-state index in [4.69, 9.17) is 9.84 Å². The Morgan fingerprint density at radius 3 is 2.72 bits per heavy atom. The zero-order valence-electron chi connectivity index (χ0n) is 11.2. The first-order valence-electron chi connectivity index (χ1n) is 6.13. The third-order valence-corrected chi connectivity index (χ3v) is 2.76. The Hall–Kier alpha value is -1.55. The van der Waals surface area contributed by atoms with Gasteiger partial charge in [-0.15, -0.1) is 0 Å². The topological polar surface area (TPSA) is 58.6 Å². The van der Waals surface area contributed by atoms with Crippen molar-refractivity contribution in [3.8, 4) is 5.75 Å². The number of aliphatic hydroxyl groups is 1. The minimum atomic E-state index is -0.209. The molecule has 1 rings (SSSR count). The number of hydrogen-bond donors (Lipinski definition) is 2. The number of amides is 1. The summed E-state index contributed by atoms with van der Waals surface area (Å²) in [6.07, 6.45) is 0.289. The molecule has 0 aliphatic carbocycles. The summed E-state index contributed by atoms with van der Waals surface area (Å²) in [5.74, 6) is 0.668. The standard InChI is InChI=1S/C14H21NO3/c1-10-4-5-13(8-11(10)2)18-7-6-14(17)15-12(3)9-16/h4-5,8,12,16H,6-7,9H2,1-3H3,(H,15,17). The van der Waals surface area contributed by atoms with Crippen LogP contribution in [0.2, 0.25) is 0 Å². The van der Waals surface area contributed by atoms with E-state index in [-0.39, 0.29) is 25.0 Å². The minimum absolute atomic E-state index is 0.0518. The number of nitrogens with one attached hydrogen (secondary N) is 1. The second-order valence-corrected chi connectivity index (χ2v) is 4.50. The molecular weight excluding hydrogens is 230 g/mol. The Kier molecular flexibility index (Phi) is 5.65. The van der Waals surface area contributed by atoms with E-state index >= 15 is 0 Å². The molecule has 18 heavy (non-hydrogen) atoms. The van der Waals surface area contributed by atoms with Gasteiger partial charge in [0.05, 0.1) is 19.6 Å². The minimum Gasteiger partial charge on any atom is -0.493 e. The predicted molar refractivity (Wildman–Crippen MR) is 70.7 cm³/mol. The molecule has 100 valence electrons. The van der Waals surface area contributed by atoms with Crippen molar-refractivity contribution in [2.75, 3.05) is 13.2 Å². The molecule has 0 bridgehead atoms. The van der Waals surface area contributed by atoms with Crippen LogP contribution < -0.4 is 10.1 Å². The van der Waals surface area contributed by atoms with Gasteiger partial charge in [-0.3, -0.25) is 4.79 Å². The molecular formula is C14H21NO3. The zero-order chi connectivity index (χ0) is 13.5. The van der Waals surface area contributed by atoms with Crippen molar-refractivity contribution in [3.05, 3.63) is 29.3 Å². The molecule has 1 aromatic rings. The van der Waals surface area contributed by atoms with Crippen molar-refractivity contribution < 1.29 is 14.6 Å². The molecule has 0 saturated carbocycles. The van der Waals surface area contributed by atoms with Gasteiger partial charge >= 0.3 is 0 Å². The summed E-state index contributed by atoms with van der Waals surface area (Å²) in [6.45, 7) is 6.11. The number of ether oxygens (including phenoxy) is 1. The van der Waals surface area contributed by atoms with Crippen LogP contribution in [-0.4, -0.2) is 30.3 Å². The van der Waals surface area contributed by atoms with Crippen molar-refractivity contribution in [3.63, 3.8) is 0 Å². The molecule has 0 heterocycles. The van der Waals surface area contributed by atoms with Gasteiger partial charge in [0, 0.05) is 6.04 Å². The van der Waals surface area contributed by atoms with Crippen molar-refractivity contribution in [2.45, 2.75) is 33.2 Å². The second-order valence-electron chi connectivity index (χ2n) is 4.50. The van der Waals surface area contributed by atoms with Gasteiger partial charge in [-0.1, -0.05) is 6.07 Å². The Balaban J connectivity index is 2.33. The lowest BCUT2D eigenvalue weighted by Crippen LogP contribution is -2.35. The van der Waals surface area contributed by atoms with E-state index < -0.39 is 0 Å². The number of carbonyl (C=O) groups excluding carboxylic acids is 1. The van der Waals surface area contributed by atoms with Crippen LogP contribution in [0, 0.1) is 13.8 Å². The largest absolute Gasteiger partial charge is 0.493 e. The quantitative estimate of drug-likeness (QED) is 0.807. The highest BCUT2D eigenvalue weighted by Crippen LogP contribution is 2.16. The summed E-state index contributed by atoms with van der Waals surface area (Å²) in [6, 6.07) is 5.65. The third-order valence-electron chi connectivity index (χ3n) is 2.76. The first kappa shape index (κ1) is 14.5. The SMILES string of the molecule is Cc1ccc(OCCC(=O)NC(C)CO)cc1C. The van der Waals surface area contributed by atoms with E-state index in [1.807, 2.05) is 32.0 Å². The number of carbonyl (C=O) groups is 1. The molecule has 1 atom stereocenters. The van der Waals surface area contributed by atoms with Crippen molar-refractivity contribution in [1.82, 2.24) is 5.32 Å². The van der Waals surface area contributed by atoms with Crippen molar-refractivity contribution in [1.29, 1.82) is 0 Å². The number of aliphatic hydroxyl groups excluding tert-OH is 1. The molecule has 0 fully saturated rings. The van der Waals surface area contributed by atoms with Gasteiger partial charge in [-0.2, -0.15) is 0 Å². The van der Waals surface area contributed by atoms with Gasteiger partial charge in [-0.05, 0) is 44.0 Å². The average molecular weight is 251 g/mol. The van der Waals surface area contributed by atoms with Crippen LogP contribution >= 0.6 is 0 Å². The Morgan fingerprint density at radius 1 is 1.39 bits per heavy atom. The third kappa shape index (κ3) is 4.75. The van der Waals surface area contributed by atoms with E-state index in [2.05, 4.69) is 5.32 Å². The van der Waals surface area contributed by atoms with E-state index in [0.29, 0.717) is 6.61 Å². The van der Waals surface area contributed by atoms with E-state index in [1.54, 1.807) is 6.92 Å². The molecule has 1 amide bonds. The number of benzene rings is 1. The predicted octanol–water partition coefficient (Wildman–Crippen LogP) is 1.57. The van der Waals surface area contributed by atoms with E-state index in [0.717, 1.165) is 5.75 Å². The number of aryl methyl sites for hydroxylation is 2. The molecule has 4 nitrogen and oxygen atoms in total. The summed E-state index contributed by atoms with van der Waals surface area (Å²) in [5, 5.41) is 11.5. The smallest absolute Gasteiger partial charge is 0.223 e.